The van der Waals surface area contributed by atoms with Crippen LogP contribution in [0.25, 0.3) is 6.08 Å². The number of hydrogen-bond acceptors (Lipinski definition) is 3. The third-order valence-corrected chi connectivity index (χ3v) is 3.82. The molecule has 0 bridgehead atoms. The van der Waals surface area contributed by atoms with Crippen molar-refractivity contribution < 1.29 is 19.4 Å². The lowest BCUT2D eigenvalue weighted by molar-refractivity contribution is -0.140. The zero-order valence-corrected chi connectivity index (χ0v) is 19.5. The van der Waals surface area contributed by atoms with Gasteiger partial charge in [-0.1, -0.05) is 94.3 Å². The summed E-state index contributed by atoms with van der Waals surface area (Å²) >= 11 is 0. The molecule has 0 spiro atoms. The lowest BCUT2D eigenvalue weighted by Gasteiger charge is -2.10. The highest BCUT2D eigenvalue weighted by atomic mass is 16.5. The molecule has 2 rings (SSSR count). The van der Waals surface area contributed by atoms with E-state index in [-0.39, 0.29) is 17.3 Å². The van der Waals surface area contributed by atoms with Gasteiger partial charge in [-0.2, -0.15) is 0 Å². The summed E-state index contributed by atoms with van der Waals surface area (Å²) in [4.78, 5) is 20.6. The van der Waals surface area contributed by atoms with Crippen LogP contribution < -0.4 is 0 Å². The van der Waals surface area contributed by atoms with Crippen LogP contribution in [-0.2, 0) is 9.53 Å². The van der Waals surface area contributed by atoms with Crippen molar-refractivity contribution in [1.82, 2.24) is 0 Å². The standard InChI is InChI=1S/C13H18.C9H10O2.C4H8O2/c1-11-5-7-12(8-6-11)9-10-13(2,3)4;1-7-3-5-8(6-4-7)9(10)11-2;1-3(2)4(5)6/h5-10H,1-4H3;3-6H,1-2H3;3H,1-2H3,(H,5,6)/b10-9+;;. The molecule has 0 heterocycles. The Balaban J connectivity index is 0.000000450. The van der Waals surface area contributed by atoms with Gasteiger partial charge in [-0.25, -0.2) is 4.79 Å². The van der Waals surface area contributed by atoms with Crippen molar-refractivity contribution in [3.05, 3.63) is 76.9 Å². The maximum atomic E-state index is 10.9. The minimum Gasteiger partial charge on any atom is -0.481 e. The molecule has 0 atom stereocenters. The van der Waals surface area contributed by atoms with Crippen molar-refractivity contribution in [2.45, 2.75) is 48.5 Å². The van der Waals surface area contributed by atoms with E-state index in [9.17, 15) is 9.59 Å². The fraction of sp³-hybridized carbons (Fsp3) is 0.385. The van der Waals surface area contributed by atoms with Gasteiger partial charge in [0.05, 0.1) is 18.6 Å². The number of carboxylic acids is 1. The van der Waals surface area contributed by atoms with Gasteiger partial charge in [0.15, 0.2) is 0 Å². The average Bonchev–Trinajstić information content (AvgIpc) is 2.68. The average molecular weight is 413 g/mol. The number of rotatable bonds is 3. The summed E-state index contributed by atoms with van der Waals surface area (Å²) in [6.07, 6.45) is 4.41. The van der Waals surface area contributed by atoms with E-state index in [2.05, 4.69) is 68.8 Å². The zero-order valence-electron chi connectivity index (χ0n) is 19.5. The molecule has 0 unspecified atom stereocenters. The molecule has 0 aliphatic heterocycles. The molecule has 0 fully saturated rings. The first-order valence-electron chi connectivity index (χ1n) is 9.99. The van der Waals surface area contributed by atoms with Crippen molar-refractivity contribution in [1.29, 1.82) is 0 Å². The minimum absolute atomic E-state index is 0.231. The Morgan fingerprint density at radius 3 is 1.63 bits per heavy atom. The van der Waals surface area contributed by atoms with Crippen LogP contribution in [0.2, 0.25) is 0 Å². The molecule has 0 aliphatic rings. The number of aryl methyl sites for hydroxylation is 2. The van der Waals surface area contributed by atoms with Gasteiger partial charge in [0, 0.05) is 0 Å². The zero-order chi connectivity index (χ0) is 23.3. The molecule has 0 amide bonds. The predicted octanol–water partition coefficient (Wildman–Crippen LogP) is 6.56. The molecule has 0 saturated carbocycles. The Kier molecular flexibility index (Phi) is 12.1. The number of allylic oxidation sites excluding steroid dienone is 1. The van der Waals surface area contributed by atoms with Crippen LogP contribution >= 0.6 is 0 Å². The fourth-order valence-corrected chi connectivity index (χ4v) is 1.83. The normalized spacial score (nSPS) is 10.6. The summed E-state index contributed by atoms with van der Waals surface area (Å²) in [5.74, 6) is -1.26. The van der Waals surface area contributed by atoms with E-state index in [1.807, 2.05) is 19.1 Å². The topological polar surface area (TPSA) is 63.6 Å². The van der Waals surface area contributed by atoms with Crippen LogP contribution in [0.1, 0.15) is 61.7 Å². The molecule has 30 heavy (non-hydrogen) atoms. The number of hydrogen-bond donors (Lipinski definition) is 1. The molecule has 1 N–H and O–H groups in total. The first-order valence-corrected chi connectivity index (χ1v) is 9.99. The quantitative estimate of drug-likeness (QED) is 0.580. The number of aliphatic carboxylic acids is 1. The molecule has 164 valence electrons. The highest BCUT2D eigenvalue weighted by Gasteiger charge is 2.03. The van der Waals surface area contributed by atoms with Crippen molar-refractivity contribution in [3.8, 4) is 0 Å². The number of carboxylic acid groups (broad SMARTS) is 1. The first kappa shape index (κ1) is 27.1. The Hall–Kier alpha value is -2.88. The Morgan fingerprint density at radius 1 is 0.900 bits per heavy atom. The van der Waals surface area contributed by atoms with Gasteiger partial charge in [0.2, 0.25) is 0 Å². The van der Waals surface area contributed by atoms with Crippen LogP contribution in [-0.4, -0.2) is 24.2 Å². The summed E-state index contributed by atoms with van der Waals surface area (Å²) in [5, 5.41) is 7.99. The third kappa shape index (κ3) is 13.3. The monoisotopic (exact) mass is 412 g/mol. The molecule has 0 aromatic heterocycles. The van der Waals surface area contributed by atoms with E-state index >= 15 is 0 Å². The largest absolute Gasteiger partial charge is 0.481 e. The molecule has 0 aliphatic carbocycles. The van der Waals surface area contributed by atoms with Gasteiger partial charge in [0.1, 0.15) is 0 Å². The second-order valence-electron chi connectivity index (χ2n) is 8.46. The van der Waals surface area contributed by atoms with Gasteiger partial charge in [-0.15, -0.1) is 0 Å². The number of benzene rings is 2. The number of ether oxygens (including phenoxy) is 1. The van der Waals surface area contributed by atoms with E-state index < -0.39 is 5.97 Å². The fourth-order valence-electron chi connectivity index (χ4n) is 1.83. The van der Waals surface area contributed by atoms with Crippen LogP contribution in [0.4, 0.5) is 0 Å². The highest BCUT2D eigenvalue weighted by Crippen LogP contribution is 2.17. The summed E-state index contributed by atoms with van der Waals surface area (Å²) in [6, 6.07) is 15.8. The van der Waals surface area contributed by atoms with Gasteiger partial charge in [0.25, 0.3) is 0 Å². The summed E-state index contributed by atoms with van der Waals surface area (Å²) in [6.45, 7) is 14.0. The van der Waals surface area contributed by atoms with Crippen LogP contribution in [0.5, 0.6) is 0 Å². The Bertz CT molecular complexity index is 792. The van der Waals surface area contributed by atoms with E-state index in [4.69, 9.17) is 5.11 Å². The number of carbonyl (C=O) groups excluding carboxylic acids is 1. The Labute approximate surface area is 181 Å². The number of methoxy groups -OCH3 is 1. The van der Waals surface area contributed by atoms with Crippen LogP contribution in [0.3, 0.4) is 0 Å². The molecular formula is C26H36O4. The molecule has 0 saturated heterocycles. The van der Waals surface area contributed by atoms with Crippen molar-refractivity contribution in [2.75, 3.05) is 7.11 Å². The van der Waals surface area contributed by atoms with Crippen molar-refractivity contribution in [3.63, 3.8) is 0 Å². The third-order valence-electron chi connectivity index (χ3n) is 3.82. The molecule has 2 aromatic carbocycles. The van der Waals surface area contributed by atoms with E-state index in [0.29, 0.717) is 5.56 Å². The summed E-state index contributed by atoms with van der Waals surface area (Å²) in [5.41, 5.74) is 4.59. The van der Waals surface area contributed by atoms with Crippen molar-refractivity contribution >= 4 is 18.0 Å². The SMILES string of the molecule is CC(C)C(=O)O.COC(=O)c1ccc(C)cc1.Cc1ccc(/C=C/C(C)(C)C)cc1. The smallest absolute Gasteiger partial charge is 0.337 e. The molecule has 4 nitrogen and oxygen atoms in total. The van der Waals surface area contributed by atoms with Gasteiger partial charge in [-0.05, 0) is 37.0 Å². The first-order chi connectivity index (χ1) is 13.9. The molecule has 4 heteroatoms. The summed E-state index contributed by atoms with van der Waals surface area (Å²) < 4.78 is 4.54. The maximum Gasteiger partial charge on any atom is 0.337 e. The van der Waals surface area contributed by atoms with Gasteiger partial charge in [-0.3, -0.25) is 4.79 Å². The van der Waals surface area contributed by atoms with Gasteiger partial charge >= 0.3 is 11.9 Å². The number of esters is 1. The second-order valence-corrected chi connectivity index (χ2v) is 8.46. The van der Waals surface area contributed by atoms with E-state index in [0.717, 1.165) is 5.56 Å². The van der Waals surface area contributed by atoms with Crippen LogP contribution in [0, 0.1) is 25.2 Å². The van der Waals surface area contributed by atoms with Gasteiger partial charge < -0.3 is 9.84 Å². The summed E-state index contributed by atoms with van der Waals surface area (Å²) in [7, 11) is 1.38. The van der Waals surface area contributed by atoms with Crippen LogP contribution in [0.15, 0.2) is 54.6 Å². The molecular weight excluding hydrogens is 376 g/mol. The highest BCUT2D eigenvalue weighted by molar-refractivity contribution is 5.89. The second kappa shape index (κ2) is 13.4. The molecule has 0 radical (unpaired) electrons. The lowest BCUT2D eigenvalue weighted by Crippen LogP contribution is -2.03. The maximum absolute atomic E-state index is 10.9. The molecule has 2 aromatic rings. The number of carbonyl (C=O) groups is 2. The van der Waals surface area contributed by atoms with E-state index in [1.54, 1.807) is 26.0 Å². The van der Waals surface area contributed by atoms with Crippen molar-refractivity contribution in [2.24, 2.45) is 11.3 Å². The predicted molar refractivity (Wildman–Crippen MR) is 125 cm³/mol. The minimum atomic E-state index is -0.741. The lowest BCUT2D eigenvalue weighted by atomic mass is 9.95. The van der Waals surface area contributed by atoms with E-state index in [1.165, 1.54) is 18.2 Å². The Morgan fingerprint density at radius 2 is 1.30 bits per heavy atom.